The number of esters is 1. The van der Waals surface area contributed by atoms with Gasteiger partial charge in [-0.15, -0.1) is 0 Å². The van der Waals surface area contributed by atoms with E-state index in [0.717, 1.165) is 0 Å². The van der Waals surface area contributed by atoms with E-state index in [1.807, 2.05) is 0 Å². The summed E-state index contributed by atoms with van der Waals surface area (Å²) in [5.41, 5.74) is 0.830. The molecule has 0 saturated heterocycles. The summed E-state index contributed by atoms with van der Waals surface area (Å²) >= 11 is 5.89. The lowest BCUT2D eigenvalue weighted by Crippen LogP contribution is -2.12. The van der Waals surface area contributed by atoms with Crippen molar-refractivity contribution in [2.45, 2.75) is 0 Å². The van der Waals surface area contributed by atoms with Crippen LogP contribution >= 0.6 is 11.6 Å². The highest BCUT2D eigenvalue weighted by atomic mass is 35.5. The number of hydrogen-bond donors (Lipinski definition) is 1. The molecule has 0 spiro atoms. The van der Waals surface area contributed by atoms with Crippen LogP contribution in [0.25, 0.3) is 0 Å². The van der Waals surface area contributed by atoms with Gasteiger partial charge in [0.2, 0.25) is 0 Å². The van der Waals surface area contributed by atoms with Crippen LogP contribution in [0.5, 0.6) is 0 Å². The van der Waals surface area contributed by atoms with Crippen molar-refractivity contribution >= 4 is 29.2 Å². The van der Waals surface area contributed by atoms with Crippen LogP contribution in [0.2, 0.25) is 5.02 Å². The fraction of sp³-hybridized carbons (Fsp3) is 0.0667. The Labute approximate surface area is 125 Å². The second-order valence-corrected chi connectivity index (χ2v) is 4.55. The number of rotatable bonds is 3. The molecule has 4 nitrogen and oxygen atoms in total. The predicted molar refractivity (Wildman–Crippen MR) is 77.1 cm³/mol. The molecule has 2 aromatic rings. The molecule has 0 aromatic heterocycles. The fourth-order valence-corrected chi connectivity index (χ4v) is 1.87. The van der Waals surface area contributed by atoms with Gasteiger partial charge in [0.25, 0.3) is 5.91 Å². The second kappa shape index (κ2) is 6.37. The maximum absolute atomic E-state index is 12.8. The number of carbonyl (C=O) groups is 2. The molecule has 108 valence electrons. The SMILES string of the molecule is COC(=O)c1cc(NC(=O)c2ccc(F)cc2)ccc1Cl. The van der Waals surface area contributed by atoms with Crippen molar-refractivity contribution in [1.29, 1.82) is 0 Å². The largest absolute Gasteiger partial charge is 0.465 e. The summed E-state index contributed by atoms with van der Waals surface area (Å²) in [6.45, 7) is 0. The molecule has 0 unspecified atom stereocenters. The molecule has 0 aliphatic carbocycles. The molecule has 2 rings (SSSR count). The zero-order valence-electron chi connectivity index (χ0n) is 11.0. The van der Waals surface area contributed by atoms with Crippen molar-refractivity contribution in [2.24, 2.45) is 0 Å². The number of methoxy groups -OCH3 is 1. The van der Waals surface area contributed by atoms with Gasteiger partial charge in [0, 0.05) is 11.3 Å². The number of anilines is 1. The molecular formula is C15H11ClFNO3. The molecule has 0 bridgehead atoms. The van der Waals surface area contributed by atoms with Gasteiger partial charge in [-0.1, -0.05) is 11.6 Å². The first-order chi connectivity index (χ1) is 10.0. The normalized spacial score (nSPS) is 10.0. The van der Waals surface area contributed by atoms with E-state index >= 15 is 0 Å². The molecule has 1 amide bonds. The number of halogens is 2. The Bertz CT molecular complexity index is 686. The van der Waals surface area contributed by atoms with Crippen molar-refractivity contribution < 1.29 is 18.7 Å². The van der Waals surface area contributed by atoms with Gasteiger partial charge < -0.3 is 10.1 Å². The molecule has 0 aliphatic rings. The molecule has 0 fully saturated rings. The lowest BCUT2D eigenvalue weighted by molar-refractivity contribution is 0.0600. The molecule has 6 heteroatoms. The van der Waals surface area contributed by atoms with Crippen LogP contribution in [-0.4, -0.2) is 19.0 Å². The topological polar surface area (TPSA) is 55.4 Å². The molecule has 2 aromatic carbocycles. The van der Waals surface area contributed by atoms with Gasteiger partial charge in [0.15, 0.2) is 0 Å². The molecule has 0 aliphatic heterocycles. The average Bonchev–Trinajstić information content (AvgIpc) is 2.49. The van der Waals surface area contributed by atoms with Crippen molar-refractivity contribution in [1.82, 2.24) is 0 Å². The quantitative estimate of drug-likeness (QED) is 0.883. The Morgan fingerprint density at radius 2 is 1.81 bits per heavy atom. The van der Waals surface area contributed by atoms with Gasteiger partial charge in [0.05, 0.1) is 17.7 Å². The van der Waals surface area contributed by atoms with Crippen LogP contribution in [-0.2, 0) is 4.74 Å². The Hall–Kier alpha value is -2.40. The minimum atomic E-state index is -0.599. The molecule has 0 heterocycles. The number of carbonyl (C=O) groups excluding carboxylic acids is 2. The zero-order valence-corrected chi connectivity index (χ0v) is 11.8. The Kier molecular flexibility index (Phi) is 4.55. The van der Waals surface area contributed by atoms with E-state index in [2.05, 4.69) is 10.1 Å². The van der Waals surface area contributed by atoms with Gasteiger partial charge in [-0.3, -0.25) is 4.79 Å². The smallest absolute Gasteiger partial charge is 0.339 e. The highest BCUT2D eigenvalue weighted by Gasteiger charge is 2.13. The Morgan fingerprint density at radius 3 is 2.43 bits per heavy atom. The molecule has 0 saturated carbocycles. The summed E-state index contributed by atoms with van der Waals surface area (Å²) in [4.78, 5) is 23.5. The van der Waals surface area contributed by atoms with Crippen molar-refractivity contribution in [2.75, 3.05) is 12.4 Å². The van der Waals surface area contributed by atoms with E-state index < -0.39 is 17.7 Å². The van der Waals surface area contributed by atoms with Gasteiger partial charge in [-0.2, -0.15) is 0 Å². The third-order valence-corrected chi connectivity index (χ3v) is 3.07. The van der Waals surface area contributed by atoms with Gasteiger partial charge >= 0.3 is 5.97 Å². The van der Waals surface area contributed by atoms with E-state index in [0.29, 0.717) is 11.3 Å². The summed E-state index contributed by atoms with van der Waals surface area (Å²) < 4.78 is 17.4. The number of amides is 1. The van der Waals surface area contributed by atoms with E-state index in [4.69, 9.17) is 11.6 Å². The van der Waals surface area contributed by atoms with Crippen LogP contribution in [0.4, 0.5) is 10.1 Å². The third kappa shape index (κ3) is 3.58. The van der Waals surface area contributed by atoms with E-state index in [9.17, 15) is 14.0 Å². The second-order valence-electron chi connectivity index (χ2n) is 4.15. The van der Waals surface area contributed by atoms with Gasteiger partial charge in [0.1, 0.15) is 5.82 Å². The number of nitrogens with one attached hydrogen (secondary N) is 1. The number of benzene rings is 2. The van der Waals surface area contributed by atoms with Crippen LogP contribution in [0.1, 0.15) is 20.7 Å². The minimum absolute atomic E-state index is 0.149. The number of hydrogen-bond acceptors (Lipinski definition) is 3. The van der Waals surface area contributed by atoms with E-state index in [1.165, 1.54) is 43.5 Å². The summed E-state index contributed by atoms with van der Waals surface area (Å²) in [5, 5.41) is 2.82. The van der Waals surface area contributed by atoms with Gasteiger partial charge in [-0.25, -0.2) is 9.18 Å². The maximum Gasteiger partial charge on any atom is 0.339 e. The van der Waals surface area contributed by atoms with Crippen LogP contribution in [0, 0.1) is 5.82 Å². The Morgan fingerprint density at radius 1 is 1.14 bits per heavy atom. The van der Waals surface area contributed by atoms with Crippen LogP contribution < -0.4 is 5.32 Å². The molecular weight excluding hydrogens is 297 g/mol. The third-order valence-electron chi connectivity index (χ3n) is 2.74. The highest BCUT2D eigenvalue weighted by Crippen LogP contribution is 2.21. The summed E-state index contributed by atoms with van der Waals surface area (Å²) in [6.07, 6.45) is 0. The van der Waals surface area contributed by atoms with Gasteiger partial charge in [-0.05, 0) is 42.5 Å². The van der Waals surface area contributed by atoms with Crippen molar-refractivity contribution in [3.05, 3.63) is 64.4 Å². The first-order valence-electron chi connectivity index (χ1n) is 5.96. The van der Waals surface area contributed by atoms with Crippen LogP contribution in [0.15, 0.2) is 42.5 Å². The first-order valence-corrected chi connectivity index (χ1v) is 6.34. The highest BCUT2D eigenvalue weighted by molar-refractivity contribution is 6.33. The fourth-order valence-electron chi connectivity index (χ4n) is 1.67. The first kappa shape index (κ1) is 15.0. The standard InChI is InChI=1S/C15H11ClFNO3/c1-21-15(20)12-8-11(6-7-13(12)16)18-14(19)9-2-4-10(17)5-3-9/h2-8H,1H3,(H,18,19). The van der Waals surface area contributed by atoms with E-state index in [1.54, 1.807) is 6.07 Å². The lowest BCUT2D eigenvalue weighted by atomic mass is 10.1. The summed E-state index contributed by atoms with van der Waals surface area (Å²) in [5.74, 6) is -1.45. The maximum atomic E-state index is 12.8. The minimum Gasteiger partial charge on any atom is -0.465 e. The molecule has 0 radical (unpaired) electrons. The Balaban J connectivity index is 2.21. The van der Waals surface area contributed by atoms with Crippen LogP contribution in [0.3, 0.4) is 0 Å². The monoisotopic (exact) mass is 307 g/mol. The number of ether oxygens (including phenoxy) is 1. The van der Waals surface area contributed by atoms with Crippen molar-refractivity contribution in [3.8, 4) is 0 Å². The average molecular weight is 308 g/mol. The summed E-state index contributed by atoms with van der Waals surface area (Å²) in [7, 11) is 1.24. The zero-order chi connectivity index (χ0) is 15.4. The van der Waals surface area contributed by atoms with E-state index in [-0.39, 0.29) is 10.6 Å². The summed E-state index contributed by atoms with van der Waals surface area (Å²) in [6, 6.07) is 9.55. The molecule has 21 heavy (non-hydrogen) atoms. The molecule has 1 N–H and O–H groups in total. The predicted octanol–water partition coefficient (Wildman–Crippen LogP) is 3.52. The van der Waals surface area contributed by atoms with Crippen molar-refractivity contribution in [3.63, 3.8) is 0 Å². The lowest BCUT2D eigenvalue weighted by Gasteiger charge is -2.08. The molecule has 0 atom stereocenters.